The summed E-state index contributed by atoms with van der Waals surface area (Å²) in [6.45, 7) is 8.09. The lowest BCUT2D eigenvalue weighted by Gasteiger charge is -2.12. The van der Waals surface area contributed by atoms with Crippen LogP contribution in [0.3, 0.4) is 0 Å². The molecule has 1 unspecified atom stereocenters. The van der Waals surface area contributed by atoms with Gasteiger partial charge in [-0.25, -0.2) is 0 Å². The Morgan fingerprint density at radius 2 is 2.15 bits per heavy atom. The maximum atomic E-state index is 11.5. The Morgan fingerprint density at radius 3 is 2.85 bits per heavy atom. The van der Waals surface area contributed by atoms with Crippen LogP contribution < -0.4 is 10.6 Å². The van der Waals surface area contributed by atoms with E-state index in [0.29, 0.717) is 13.2 Å². The molecule has 2 N–H and O–H groups in total. The molecule has 1 amide bonds. The van der Waals surface area contributed by atoms with Crippen LogP contribution in [0.25, 0.3) is 0 Å². The molecular formula is C16H24N2O2. The van der Waals surface area contributed by atoms with Crippen LogP contribution in [0.1, 0.15) is 18.9 Å². The van der Waals surface area contributed by atoms with Crippen molar-refractivity contribution in [3.63, 3.8) is 0 Å². The van der Waals surface area contributed by atoms with E-state index in [0.717, 1.165) is 19.5 Å². The molecule has 1 aromatic carbocycles. The van der Waals surface area contributed by atoms with E-state index in [2.05, 4.69) is 29.3 Å². The highest BCUT2D eigenvalue weighted by Crippen LogP contribution is 1.97. The Balaban J connectivity index is 2.01. The second-order valence-corrected chi connectivity index (χ2v) is 4.56. The molecule has 0 aromatic heterocycles. The third-order valence-electron chi connectivity index (χ3n) is 2.83. The van der Waals surface area contributed by atoms with Gasteiger partial charge in [-0.1, -0.05) is 36.4 Å². The Labute approximate surface area is 121 Å². The Hall–Kier alpha value is -1.65. The largest absolute Gasteiger partial charge is 0.369 e. The number of amides is 1. The molecule has 20 heavy (non-hydrogen) atoms. The third kappa shape index (κ3) is 7.07. The SMILES string of the molecule is C=CCNC(=O)C(C)OCCCNCc1ccccc1. The van der Waals surface area contributed by atoms with Crippen LogP contribution in [-0.4, -0.2) is 31.7 Å². The van der Waals surface area contributed by atoms with E-state index in [4.69, 9.17) is 4.74 Å². The fourth-order valence-corrected chi connectivity index (χ4v) is 1.68. The minimum Gasteiger partial charge on any atom is -0.369 e. The lowest BCUT2D eigenvalue weighted by atomic mass is 10.2. The number of ether oxygens (including phenoxy) is 1. The second-order valence-electron chi connectivity index (χ2n) is 4.56. The summed E-state index contributed by atoms with van der Waals surface area (Å²) >= 11 is 0. The summed E-state index contributed by atoms with van der Waals surface area (Å²) in [6.07, 6.45) is 2.12. The summed E-state index contributed by atoms with van der Waals surface area (Å²) in [6, 6.07) is 10.3. The summed E-state index contributed by atoms with van der Waals surface area (Å²) in [7, 11) is 0. The molecule has 0 aliphatic rings. The van der Waals surface area contributed by atoms with Crippen LogP contribution in [-0.2, 0) is 16.1 Å². The van der Waals surface area contributed by atoms with E-state index in [1.807, 2.05) is 18.2 Å². The second kappa shape index (κ2) is 10.2. The maximum Gasteiger partial charge on any atom is 0.249 e. The highest BCUT2D eigenvalue weighted by Gasteiger charge is 2.11. The molecule has 0 saturated carbocycles. The number of hydrogen-bond donors (Lipinski definition) is 2. The van der Waals surface area contributed by atoms with Gasteiger partial charge >= 0.3 is 0 Å². The molecule has 0 heterocycles. The van der Waals surface area contributed by atoms with Gasteiger partial charge in [0.1, 0.15) is 6.10 Å². The molecule has 1 atom stereocenters. The molecule has 1 rings (SSSR count). The summed E-state index contributed by atoms with van der Waals surface area (Å²) in [5.74, 6) is -0.0952. The van der Waals surface area contributed by atoms with E-state index in [1.54, 1.807) is 13.0 Å². The molecule has 0 aliphatic carbocycles. The van der Waals surface area contributed by atoms with Gasteiger partial charge < -0.3 is 15.4 Å². The van der Waals surface area contributed by atoms with Crippen LogP contribution >= 0.6 is 0 Å². The highest BCUT2D eigenvalue weighted by atomic mass is 16.5. The smallest absolute Gasteiger partial charge is 0.249 e. The predicted molar refractivity (Wildman–Crippen MR) is 81.4 cm³/mol. The van der Waals surface area contributed by atoms with Crippen molar-refractivity contribution in [1.29, 1.82) is 0 Å². The van der Waals surface area contributed by atoms with Crippen LogP contribution in [0.2, 0.25) is 0 Å². The van der Waals surface area contributed by atoms with Crippen molar-refractivity contribution in [3.8, 4) is 0 Å². The minimum absolute atomic E-state index is 0.0952. The monoisotopic (exact) mass is 276 g/mol. The van der Waals surface area contributed by atoms with Gasteiger partial charge in [-0.15, -0.1) is 6.58 Å². The standard InChI is InChI=1S/C16H24N2O2/c1-3-10-18-16(19)14(2)20-12-7-11-17-13-15-8-5-4-6-9-15/h3-6,8-9,14,17H,1,7,10-13H2,2H3,(H,18,19). The van der Waals surface area contributed by atoms with E-state index in [-0.39, 0.29) is 5.91 Å². The maximum absolute atomic E-state index is 11.5. The molecule has 0 saturated heterocycles. The number of benzene rings is 1. The van der Waals surface area contributed by atoms with Gasteiger partial charge in [0.05, 0.1) is 0 Å². The van der Waals surface area contributed by atoms with Crippen molar-refractivity contribution in [2.45, 2.75) is 26.0 Å². The molecule has 4 nitrogen and oxygen atoms in total. The van der Waals surface area contributed by atoms with E-state index < -0.39 is 6.10 Å². The van der Waals surface area contributed by atoms with Gasteiger partial charge in [-0.3, -0.25) is 4.79 Å². The van der Waals surface area contributed by atoms with E-state index >= 15 is 0 Å². The Bertz CT molecular complexity index is 393. The molecule has 0 aliphatic heterocycles. The zero-order valence-corrected chi connectivity index (χ0v) is 12.1. The quantitative estimate of drug-likeness (QED) is 0.507. The van der Waals surface area contributed by atoms with Crippen molar-refractivity contribution >= 4 is 5.91 Å². The van der Waals surface area contributed by atoms with Crippen molar-refractivity contribution in [3.05, 3.63) is 48.6 Å². The van der Waals surface area contributed by atoms with Crippen molar-refractivity contribution in [1.82, 2.24) is 10.6 Å². The van der Waals surface area contributed by atoms with E-state index in [9.17, 15) is 4.79 Å². The Kier molecular flexibility index (Phi) is 8.35. The average molecular weight is 276 g/mol. The van der Waals surface area contributed by atoms with Crippen LogP contribution in [0.4, 0.5) is 0 Å². The molecule has 0 bridgehead atoms. The predicted octanol–water partition coefficient (Wildman–Crippen LogP) is 1.87. The number of carbonyl (C=O) groups is 1. The van der Waals surface area contributed by atoms with Crippen LogP contribution in [0.5, 0.6) is 0 Å². The highest BCUT2D eigenvalue weighted by molar-refractivity contribution is 5.80. The minimum atomic E-state index is -0.413. The molecule has 110 valence electrons. The van der Waals surface area contributed by atoms with E-state index in [1.165, 1.54) is 5.56 Å². The molecule has 1 aromatic rings. The first-order chi connectivity index (χ1) is 9.74. The molecule has 0 fully saturated rings. The number of nitrogens with one attached hydrogen (secondary N) is 2. The lowest BCUT2D eigenvalue weighted by molar-refractivity contribution is -0.131. The first-order valence-corrected chi connectivity index (χ1v) is 6.99. The van der Waals surface area contributed by atoms with Crippen LogP contribution in [0, 0.1) is 0 Å². The van der Waals surface area contributed by atoms with Gasteiger partial charge in [-0.05, 0) is 25.5 Å². The zero-order chi connectivity index (χ0) is 14.6. The summed E-state index contributed by atoms with van der Waals surface area (Å²) in [5, 5.41) is 6.05. The molecule has 4 heteroatoms. The first-order valence-electron chi connectivity index (χ1n) is 6.99. The van der Waals surface area contributed by atoms with Crippen molar-refractivity contribution < 1.29 is 9.53 Å². The first kappa shape index (κ1) is 16.4. The fraction of sp³-hybridized carbons (Fsp3) is 0.438. The average Bonchev–Trinajstić information content (AvgIpc) is 2.49. The van der Waals surface area contributed by atoms with Crippen molar-refractivity contribution in [2.75, 3.05) is 19.7 Å². The number of hydrogen-bond acceptors (Lipinski definition) is 3. The van der Waals surface area contributed by atoms with Gasteiger partial charge in [0.2, 0.25) is 5.91 Å². The molecular weight excluding hydrogens is 252 g/mol. The van der Waals surface area contributed by atoms with Gasteiger partial charge in [0.25, 0.3) is 0 Å². The van der Waals surface area contributed by atoms with Gasteiger partial charge in [0, 0.05) is 19.7 Å². The van der Waals surface area contributed by atoms with Crippen molar-refractivity contribution in [2.24, 2.45) is 0 Å². The topological polar surface area (TPSA) is 50.4 Å². The van der Waals surface area contributed by atoms with Gasteiger partial charge in [-0.2, -0.15) is 0 Å². The zero-order valence-electron chi connectivity index (χ0n) is 12.1. The fourth-order valence-electron chi connectivity index (χ4n) is 1.68. The molecule has 0 spiro atoms. The normalized spacial score (nSPS) is 11.8. The number of carbonyl (C=O) groups excluding carboxylic acids is 1. The third-order valence-corrected chi connectivity index (χ3v) is 2.83. The summed E-state index contributed by atoms with van der Waals surface area (Å²) in [4.78, 5) is 11.5. The summed E-state index contributed by atoms with van der Waals surface area (Å²) < 4.78 is 5.47. The van der Waals surface area contributed by atoms with Gasteiger partial charge in [0.15, 0.2) is 0 Å². The Morgan fingerprint density at radius 1 is 1.40 bits per heavy atom. The number of rotatable bonds is 10. The summed E-state index contributed by atoms with van der Waals surface area (Å²) in [5.41, 5.74) is 1.27. The lowest BCUT2D eigenvalue weighted by Crippen LogP contribution is -2.35. The molecule has 0 radical (unpaired) electrons. The van der Waals surface area contributed by atoms with Crippen LogP contribution in [0.15, 0.2) is 43.0 Å².